The van der Waals surface area contributed by atoms with Crippen molar-refractivity contribution in [2.75, 3.05) is 13.1 Å². The summed E-state index contributed by atoms with van der Waals surface area (Å²) in [6.45, 7) is 7.77. The maximum atomic E-state index is 5.73. The Balaban J connectivity index is 1.93. The monoisotopic (exact) mass is 288 g/mol. The van der Waals surface area contributed by atoms with Crippen molar-refractivity contribution in [1.29, 1.82) is 0 Å². The molecule has 21 heavy (non-hydrogen) atoms. The Morgan fingerprint density at radius 2 is 1.76 bits per heavy atom. The molecule has 1 aliphatic rings. The van der Waals surface area contributed by atoms with Gasteiger partial charge in [0.05, 0.1) is 0 Å². The lowest BCUT2D eigenvalue weighted by Crippen LogP contribution is -2.39. The van der Waals surface area contributed by atoms with Crippen LogP contribution in [0.2, 0.25) is 0 Å². The van der Waals surface area contributed by atoms with Gasteiger partial charge in [-0.05, 0) is 62.6 Å². The highest BCUT2D eigenvalue weighted by Gasteiger charge is 2.26. The third kappa shape index (κ3) is 5.12. The van der Waals surface area contributed by atoms with E-state index in [0.29, 0.717) is 0 Å². The molecule has 0 atom stereocenters. The van der Waals surface area contributed by atoms with Gasteiger partial charge in [0.15, 0.2) is 0 Å². The Hall–Kier alpha value is -0.860. The van der Waals surface area contributed by atoms with E-state index in [2.05, 4.69) is 49.1 Å². The molecule has 2 nitrogen and oxygen atoms in total. The molecule has 2 heteroatoms. The van der Waals surface area contributed by atoms with Crippen LogP contribution < -0.4 is 5.73 Å². The molecule has 0 radical (unpaired) electrons. The Kier molecular flexibility index (Phi) is 6.72. The third-order valence-corrected chi connectivity index (χ3v) is 5.08. The van der Waals surface area contributed by atoms with Crippen LogP contribution in [0.25, 0.3) is 0 Å². The average molecular weight is 288 g/mol. The van der Waals surface area contributed by atoms with E-state index in [4.69, 9.17) is 5.73 Å². The molecule has 118 valence electrons. The Morgan fingerprint density at radius 1 is 1.10 bits per heavy atom. The SMILES string of the molecule is CC(C)C1CCC(N(CCCN)Cc2ccccc2)CC1. The van der Waals surface area contributed by atoms with Gasteiger partial charge in [-0.2, -0.15) is 0 Å². The highest BCUT2D eigenvalue weighted by molar-refractivity contribution is 5.14. The zero-order chi connectivity index (χ0) is 15.1. The molecule has 0 spiro atoms. The Morgan fingerprint density at radius 3 is 2.33 bits per heavy atom. The normalized spacial score (nSPS) is 22.9. The minimum atomic E-state index is 0.756. The van der Waals surface area contributed by atoms with Crippen molar-refractivity contribution in [3.05, 3.63) is 35.9 Å². The van der Waals surface area contributed by atoms with E-state index in [0.717, 1.165) is 43.9 Å². The second-order valence-electron chi connectivity index (χ2n) is 6.91. The summed E-state index contributed by atoms with van der Waals surface area (Å²) < 4.78 is 0. The van der Waals surface area contributed by atoms with Crippen molar-refractivity contribution >= 4 is 0 Å². The van der Waals surface area contributed by atoms with E-state index in [1.165, 1.54) is 31.2 Å². The van der Waals surface area contributed by atoms with Crippen LogP contribution >= 0.6 is 0 Å². The van der Waals surface area contributed by atoms with Crippen LogP contribution in [0.3, 0.4) is 0 Å². The first kappa shape index (κ1) is 16.5. The number of hydrogen-bond acceptors (Lipinski definition) is 2. The molecule has 1 aromatic rings. The molecule has 0 amide bonds. The van der Waals surface area contributed by atoms with Gasteiger partial charge in [-0.3, -0.25) is 4.90 Å². The smallest absolute Gasteiger partial charge is 0.0236 e. The molecular weight excluding hydrogens is 256 g/mol. The molecule has 0 aromatic heterocycles. The fraction of sp³-hybridized carbons (Fsp3) is 0.684. The van der Waals surface area contributed by atoms with Crippen LogP contribution in [0, 0.1) is 11.8 Å². The quantitative estimate of drug-likeness (QED) is 0.820. The van der Waals surface area contributed by atoms with Crippen molar-refractivity contribution in [2.24, 2.45) is 17.6 Å². The van der Waals surface area contributed by atoms with Gasteiger partial charge in [-0.15, -0.1) is 0 Å². The van der Waals surface area contributed by atoms with Crippen molar-refractivity contribution in [2.45, 2.75) is 58.5 Å². The van der Waals surface area contributed by atoms with Gasteiger partial charge in [0, 0.05) is 12.6 Å². The highest BCUT2D eigenvalue weighted by atomic mass is 15.2. The first-order valence-corrected chi connectivity index (χ1v) is 8.68. The third-order valence-electron chi connectivity index (χ3n) is 5.08. The summed E-state index contributed by atoms with van der Waals surface area (Å²) in [5.74, 6) is 1.78. The van der Waals surface area contributed by atoms with E-state index in [1.54, 1.807) is 0 Å². The van der Waals surface area contributed by atoms with Crippen LogP contribution in [-0.4, -0.2) is 24.0 Å². The van der Waals surface area contributed by atoms with E-state index >= 15 is 0 Å². The Bertz CT molecular complexity index is 380. The minimum Gasteiger partial charge on any atom is -0.330 e. The molecule has 0 heterocycles. The lowest BCUT2D eigenvalue weighted by molar-refractivity contribution is 0.116. The second-order valence-corrected chi connectivity index (χ2v) is 6.91. The molecule has 1 fully saturated rings. The molecular formula is C19H32N2. The zero-order valence-corrected chi connectivity index (χ0v) is 13.8. The predicted octanol–water partition coefficient (Wildman–Crippen LogP) is 4.05. The van der Waals surface area contributed by atoms with Gasteiger partial charge in [0.2, 0.25) is 0 Å². The summed E-state index contributed by atoms with van der Waals surface area (Å²) in [6, 6.07) is 11.6. The molecule has 0 saturated heterocycles. The lowest BCUT2D eigenvalue weighted by Gasteiger charge is -2.38. The van der Waals surface area contributed by atoms with Gasteiger partial charge in [0.25, 0.3) is 0 Å². The predicted molar refractivity (Wildman–Crippen MR) is 91.1 cm³/mol. The summed E-state index contributed by atoms with van der Waals surface area (Å²) in [5, 5.41) is 0. The zero-order valence-electron chi connectivity index (χ0n) is 13.8. The van der Waals surface area contributed by atoms with Crippen molar-refractivity contribution < 1.29 is 0 Å². The summed E-state index contributed by atoms with van der Waals surface area (Å²) in [4.78, 5) is 2.68. The molecule has 1 aliphatic carbocycles. The van der Waals surface area contributed by atoms with Crippen molar-refractivity contribution in [1.82, 2.24) is 4.90 Å². The largest absolute Gasteiger partial charge is 0.330 e. The van der Waals surface area contributed by atoms with Crippen molar-refractivity contribution in [3.8, 4) is 0 Å². The summed E-state index contributed by atoms with van der Waals surface area (Å²) in [7, 11) is 0. The molecule has 2 N–H and O–H groups in total. The molecule has 1 saturated carbocycles. The minimum absolute atomic E-state index is 0.756. The fourth-order valence-electron chi connectivity index (χ4n) is 3.64. The Labute approximate surface area is 130 Å². The lowest BCUT2D eigenvalue weighted by atomic mass is 9.79. The van der Waals surface area contributed by atoms with E-state index in [-0.39, 0.29) is 0 Å². The van der Waals surface area contributed by atoms with Crippen LogP contribution in [0.15, 0.2) is 30.3 Å². The van der Waals surface area contributed by atoms with Gasteiger partial charge in [-0.25, -0.2) is 0 Å². The van der Waals surface area contributed by atoms with E-state index in [9.17, 15) is 0 Å². The highest BCUT2D eigenvalue weighted by Crippen LogP contribution is 2.32. The standard InChI is InChI=1S/C19H32N2/c1-16(2)18-9-11-19(12-10-18)21(14-6-13-20)15-17-7-4-3-5-8-17/h3-5,7-8,16,18-19H,6,9-15,20H2,1-2H3. The van der Waals surface area contributed by atoms with Crippen molar-refractivity contribution in [3.63, 3.8) is 0 Å². The van der Waals surface area contributed by atoms with Gasteiger partial charge in [0.1, 0.15) is 0 Å². The van der Waals surface area contributed by atoms with Gasteiger partial charge >= 0.3 is 0 Å². The number of benzene rings is 1. The van der Waals surface area contributed by atoms with Gasteiger partial charge < -0.3 is 5.73 Å². The van der Waals surface area contributed by atoms with E-state index < -0.39 is 0 Å². The average Bonchev–Trinajstić information content (AvgIpc) is 2.52. The number of nitrogens with two attached hydrogens (primary N) is 1. The summed E-state index contributed by atoms with van der Waals surface area (Å²) in [5.41, 5.74) is 7.17. The first-order chi connectivity index (χ1) is 10.2. The fourth-order valence-corrected chi connectivity index (χ4v) is 3.64. The number of hydrogen-bond donors (Lipinski definition) is 1. The summed E-state index contributed by atoms with van der Waals surface area (Å²) in [6.07, 6.45) is 6.63. The van der Waals surface area contributed by atoms with Crippen LogP contribution in [0.4, 0.5) is 0 Å². The number of nitrogens with zero attached hydrogens (tertiary/aromatic N) is 1. The molecule has 0 aliphatic heterocycles. The van der Waals surface area contributed by atoms with Crippen LogP contribution in [0.5, 0.6) is 0 Å². The van der Waals surface area contributed by atoms with Crippen LogP contribution in [0.1, 0.15) is 51.5 Å². The van der Waals surface area contributed by atoms with Gasteiger partial charge in [-0.1, -0.05) is 44.2 Å². The topological polar surface area (TPSA) is 29.3 Å². The number of rotatable bonds is 7. The second kappa shape index (κ2) is 8.55. The molecule has 0 bridgehead atoms. The first-order valence-electron chi connectivity index (χ1n) is 8.68. The molecule has 2 rings (SSSR count). The maximum Gasteiger partial charge on any atom is 0.0236 e. The molecule has 1 aromatic carbocycles. The van der Waals surface area contributed by atoms with E-state index in [1.807, 2.05) is 0 Å². The summed E-state index contributed by atoms with van der Waals surface area (Å²) >= 11 is 0. The maximum absolute atomic E-state index is 5.73. The molecule has 0 unspecified atom stereocenters. The van der Waals surface area contributed by atoms with Crippen LogP contribution in [-0.2, 0) is 6.54 Å².